The van der Waals surface area contributed by atoms with Gasteiger partial charge in [0, 0.05) is 18.5 Å². The molecule has 7 atom stereocenters. The molecule has 1 aromatic rings. The molecule has 2 fully saturated rings. The van der Waals surface area contributed by atoms with Crippen molar-refractivity contribution in [2.75, 3.05) is 20.7 Å². The molecule has 2 amide bonds. The van der Waals surface area contributed by atoms with Crippen molar-refractivity contribution in [3.8, 4) is 5.75 Å². The molecule has 3 unspecified atom stereocenters. The van der Waals surface area contributed by atoms with Crippen LogP contribution < -0.4 is 11.1 Å². The van der Waals surface area contributed by atoms with Crippen LogP contribution in [0.15, 0.2) is 12.1 Å². The Bertz CT molecular complexity index is 1270. The first-order valence-electron chi connectivity index (χ1n) is 13.2. The van der Waals surface area contributed by atoms with Crippen molar-refractivity contribution in [2.45, 2.75) is 57.9 Å². The van der Waals surface area contributed by atoms with Crippen LogP contribution in [0, 0.1) is 29.1 Å². The highest BCUT2D eigenvalue weighted by Crippen LogP contribution is 2.51. The topological polar surface area (TPSA) is 197 Å². The van der Waals surface area contributed by atoms with Gasteiger partial charge in [-0.05, 0) is 55.5 Å². The number of nitrogens with two attached hydrogens (primary N) is 1. The molecule has 0 spiro atoms. The van der Waals surface area contributed by atoms with Gasteiger partial charge in [-0.3, -0.25) is 19.2 Å². The van der Waals surface area contributed by atoms with Crippen LogP contribution in [-0.4, -0.2) is 88.0 Å². The van der Waals surface area contributed by atoms with E-state index in [1.54, 1.807) is 20.2 Å². The predicted molar refractivity (Wildman–Crippen MR) is 140 cm³/mol. The van der Waals surface area contributed by atoms with Crippen LogP contribution in [0.1, 0.15) is 48.7 Å². The maximum Gasteiger partial charge on any atom is 0.407 e. The van der Waals surface area contributed by atoms with Gasteiger partial charge in [-0.15, -0.1) is 0 Å². The van der Waals surface area contributed by atoms with Crippen LogP contribution in [0.5, 0.6) is 5.75 Å². The number of rotatable bonds is 5. The van der Waals surface area contributed by atoms with E-state index in [9.17, 15) is 39.3 Å². The Morgan fingerprint density at radius 1 is 1.18 bits per heavy atom. The largest absolute Gasteiger partial charge is 0.507 e. The fourth-order valence-corrected chi connectivity index (χ4v) is 6.55. The third-order valence-corrected chi connectivity index (χ3v) is 8.33. The van der Waals surface area contributed by atoms with Gasteiger partial charge in [0.25, 0.3) is 0 Å². The SMILES string of the molecule is CN(C)[C@H]1C(O)C(C(N)=O)C(=O)[C@]2(O)C(=O)C3C(=O)c4c(O)ccc(CNC(=O)OCC(C)(C)C)c4C[C@@H]3C[C@H]12. The summed E-state index contributed by atoms with van der Waals surface area (Å²) in [4.78, 5) is 66.8. The van der Waals surface area contributed by atoms with Gasteiger partial charge in [0.05, 0.1) is 24.2 Å². The number of Topliss-reactive ketones (excluding diaryl/α,β-unsaturated/α-hetero) is 3. The van der Waals surface area contributed by atoms with Gasteiger partial charge in [-0.2, -0.15) is 0 Å². The predicted octanol–water partition coefficient (Wildman–Crippen LogP) is -0.0689. The number of nitrogens with zero attached hydrogens (tertiary/aromatic N) is 1. The Kier molecular flexibility index (Phi) is 7.59. The third-order valence-electron chi connectivity index (χ3n) is 8.33. The highest BCUT2D eigenvalue weighted by molar-refractivity contribution is 6.25. The number of hydrogen-bond donors (Lipinski definition) is 5. The van der Waals surface area contributed by atoms with Gasteiger partial charge in [-0.25, -0.2) is 4.79 Å². The van der Waals surface area contributed by atoms with Crippen LogP contribution in [0.4, 0.5) is 4.79 Å². The summed E-state index contributed by atoms with van der Waals surface area (Å²) in [7, 11) is 3.17. The van der Waals surface area contributed by atoms with Crippen molar-refractivity contribution < 1.29 is 44.0 Å². The van der Waals surface area contributed by atoms with Crippen LogP contribution in [-0.2, 0) is 32.1 Å². The first-order chi connectivity index (χ1) is 18.5. The molecular formula is C28H37N3O9. The number of carbonyl (C=O) groups is 5. The zero-order valence-electron chi connectivity index (χ0n) is 23.3. The second kappa shape index (κ2) is 10.2. The number of ketones is 3. The minimum Gasteiger partial charge on any atom is -0.507 e. The molecule has 12 heteroatoms. The fraction of sp³-hybridized carbons (Fsp3) is 0.607. The summed E-state index contributed by atoms with van der Waals surface area (Å²) >= 11 is 0. The Morgan fingerprint density at radius 2 is 1.82 bits per heavy atom. The minimum absolute atomic E-state index is 0.00458. The number of amides is 2. The van der Waals surface area contributed by atoms with Crippen molar-refractivity contribution in [2.24, 2.45) is 34.8 Å². The monoisotopic (exact) mass is 559 g/mol. The molecule has 1 aromatic carbocycles. The maximum atomic E-state index is 13.9. The smallest absolute Gasteiger partial charge is 0.407 e. The highest BCUT2D eigenvalue weighted by Gasteiger charge is 2.69. The Morgan fingerprint density at radius 3 is 2.40 bits per heavy atom. The number of carbonyl (C=O) groups excluding carboxylic acids is 5. The van der Waals surface area contributed by atoms with Crippen LogP contribution in [0.3, 0.4) is 0 Å². The minimum atomic E-state index is -2.71. The molecule has 0 bridgehead atoms. The van der Waals surface area contributed by atoms with Gasteiger partial charge in [0.1, 0.15) is 11.7 Å². The summed E-state index contributed by atoms with van der Waals surface area (Å²) in [5, 5.41) is 35.9. The number of phenolic OH excluding ortho intramolecular Hbond substituents is 1. The van der Waals surface area contributed by atoms with Crippen LogP contribution >= 0.6 is 0 Å². The molecule has 0 saturated heterocycles. The number of aliphatic hydroxyl groups is 2. The molecule has 12 nitrogen and oxygen atoms in total. The van der Waals surface area contributed by atoms with Crippen molar-refractivity contribution in [3.63, 3.8) is 0 Å². The van der Waals surface area contributed by atoms with E-state index < -0.39 is 70.8 Å². The Labute approximate surface area is 231 Å². The van der Waals surface area contributed by atoms with E-state index >= 15 is 0 Å². The summed E-state index contributed by atoms with van der Waals surface area (Å²) in [6.07, 6.45) is -2.08. The standard InChI is InChI=1S/C28H37N3O9/c1-27(2,3)11-40-26(38)30-10-12-6-7-16(32)18-14(12)8-13-9-15-20(31(4)5)22(34)19(25(29)37)24(36)28(15,39)23(35)17(13)21(18)33/h6-7,13,15,17,19-20,22,32,34,39H,8-11H2,1-5H3,(H2,29,37)(H,30,38)/t13-,15-,17?,19?,20-,22?,28-/m1/s1. The van der Waals surface area contributed by atoms with Gasteiger partial charge in [0.15, 0.2) is 23.0 Å². The van der Waals surface area contributed by atoms with E-state index in [-0.39, 0.29) is 42.7 Å². The molecule has 218 valence electrons. The third kappa shape index (κ3) is 4.77. The van der Waals surface area contributed by atoms with Gasteiger partial charge in [-0.1, -0.05) is 26.8 Å². The average Bonchev–Trinajstić information content (AvgIpc) is 2.83. The van der Waals surface area contributed by atoms with Gasteiger partial charge < -0.3 is 36.0 Å². The maximum absolute atomic E-state index is 13.9. The summed E-state index contributed by atoms with van der Waals surface area (Å²) in [5.41, 5.74) is 3.31. The van der Waals surface area contributed by atoms with Gasteiger partial charge >= 0.3 is 6.09 Å². The molecule has 4 rings (SSSR count). The Balaban J connectivity index is 1.70. The number of likely N-dealkylation sites (N-methyl/N-ethyl adjacent to an activating group) is 1. The number of aromatic hydroxyl groups is 1. The van der Waals surface area contributed by atoms with Crippen LogP contribution in [0.25, 0.3) is 0 Å². The van der Waals surface area contributed by atoms with Crippen molar-refractivity contribution >= 4 is 29.4 Å². The molecular weight excluding hydrogens is 522 g/mol. The lowest BCUT2D eigenvalue weighted by Gasteiger charge is -2.54. The number of fused-ring (bicyclic) bond motifs is 3. The number of benzene rings is 1. The zero-order chi connectivity index (χ0) is 29.9. The molecule has 3 aliphatic carbocycles. The normalized spacial score (nSPS) is 31.8. The van der Waals surface area contributed by atoms with Crippen molar-refractivity contribution in [1.29, 1.82) is 0 Å². The Hall–Kier alpha value is -3.35. The summed E-state index contributed by atoms with van der Waals surface area (Å²) in [6, 6.07) is 1.87. The first-order valence-corrected chi connectivity index (χ1v) is 13.2. The highest BCUT2D eigenvalue weighted by atomic mass is 16.5. The van der Waals surface area contributed by atoms with E-state index in [2.05, 4.69) is 5.32 Å². The molecule has 3 aliphatic rings. The fourth-order valence-electron chi connectivity index (χ4n) is 6.55. The molecule has 0 aliphatic heterocycles. The lowest BCUT2D eigenvalue weighted by molar-refractivity contribution is -0.190. The number of aliphatic hydroxyl groups excluding tert-OH is 1. The van der Waals surface area contributed by atoms with E-state index in [1.807, 2.05) is 20.8 Å². The van der Waals surface area contributed by atoms with Crippen molar-refractivity contribution in [1.82, 2.24) is 10.2 Å². The van der Waals surface area contributed by atoms with Crippen molar-refractivity contribution in [3.05, 3.63) is 28.8 Å². The number of alkyl carbamates (subject to hydrolysis) is 1. The van der Waals surface area contributed by atoms with E-state index in [4.69, 9.17) is 10.5 Å². The quantitative estimate of drug-likeness (QED) is 0.305. The molecule has 40 heavy (non-hydrogen) atoms. The summed E-state index contributed by atoms with van der Waals surface area (Å²) in [5.74, 6) is -9.64. The zero-order valence-corrected chi connectivity index (χ0v) is 23.3. The molecule has 0 heterocycles. The van der Waals surface area contributed by atoms with E-state index in [1.165, 1.54) is 11.0 Å². The summed E-state index contributed by atoms with van der Waals surface area (Å²) < 4.78 is 5.24. The second-order valence-electron chi connectivity index (χ2n) is 12.6. The van der Waals surface area contributed by atoms with Gasteiger partial charge in [0.2, 0.25) is 5.91 Å². The second-order valence-corrected chi connectivity index (χ2v) is 12.6. The number of nitrogens with one attached hydrogen (secondary N) is 1. The van der Waals surface area contributed by atoms with E-state index in [0.717, 1.165) is 0 Å². The van der Waals surface area contributed by atoms with Crippen LogP contribution in [0.2, 0.25) is 0 Å². The molecule has 6 N–H and O–H groups in total. The first kappa shape index (κ1) is 29.6. The van der Waals surface area contributed by atoms with E-state index in [0.29, 0.717) is 11.1 Å². The lowest BCUT2D eigenvalue weighted by Crippen LogP contribution is -2.75. The number of hydrogen-bond acceptors (Lipinski definition) is 10. The summed E-state index contributed by atoms with van der Waals surface area (Å²) in [6.45, 7) is 5.93. The average molecular weight is 560 g/mol. The number of ether oxygens (including phenoxy) is 1. The molecule has 0 radical (unpaired) electrons. The lowest BCUT2D eigenvalue weighted by atomic mass is 9.52. The molecule has 2 saturated carbocycles. The number of phenols is 1. The molecule has 0 aromatic heterocycles. The number of primary amides is 1.